The highest BCUT2D eigenvalue weighted by Crippen LogP contribution is 2.21. The fraction of sp³-hybridized carbons (Fsp3) is 0.371. The smallest absolute Gasteiger partial charge is 0.489 e. The van der Waals surface area contributed by atoms with Crippen LogP contribution >= 0.6 is 0 Å². The number of amides is 2. The highest BCUT2D eigenvalue weighted by molar-refractivity contribution is 5.88. The molecular weight excluding hydrogens is 627 g/mol. The zero-order valence-electron chi connectivity index (χ0n) is 27.0. The van der Waals surface area contributed by atoms with E-state index in [1.54, 1.807) is 12.1 Å². The van der Waals surface area contributed by atoms with Crippen LogP contribution in [-0.4, -0.2) is 35.0 Å². The molecule has 0 fully saturated rings. The maximum absolute atomic E-state index is 13.3. The summed E-state index contributed by atoms with van der Waals surface area (Å²) in [7, 11) is 0. The molecule has 0 aliphatic carbocycles. The van der Waals surface area contributed by atoms with Crippen LogP contribution in [0.4, 0.5) is 18.9 Å². The summed E-state index contributed by atoms with van der Waals surface area (Å²) in [5.41, 5.74) is 14.1. The van der Waals surface area contributed by atoms with E-state index in [4.69, 9.17) is 26.1 Å². The number of aliphatic carboxylic acids is 1. The number of carbonyl (C=O) groups excluding carboxylic acids is 2. The molecule has 260 valence electrons. The van der Waals surface area contributed by atoms with Gasteiger partial charge in [-0.25, -0.2) is 9.79 Å². The number of carboxylic acids is 1. The van der Waals surface area contributed by atoms with E-state index in [2.05, 4.69) is 22.5 Å². The molecule has 3 aromatic rings. The average molecular weight is 672 g/mol. The third kappa shape index (κ3) is 16.0. The van der Waals surface area contributed by atoms with Crippen molar-refractivity contribution in [1.82, 2.24) is 10.6 Å². The van der Waals surface area contributed by atoms with E-state index in [9.17, 15) is 22.8 Å². The van der Waals surface area contributed by atoms with Crippen LogP contribution in [-0.2, 0) is 27.5 Å². The van der Waals surface area contributed by atoms with Crippen LogP contribution < -0.4 is 26.8 Å². The van der Waals surface area contributed by atoms with Crippen LogP contribution in [0.2, 0.25) is 0 Å². The first-order valence-corrected chi connectivity index (χ1v) is 15.7. The first-order valence-electron chi connectivity index (χ1n) is 15.7. The van der Waals surface area contributed by atoms with Crippen molar-refractivity contribution < 1.29 is 37.4 Å². The lowest BCUT2D eigenvalue weighted by Crippen LogP contribution is -2.40. The second kappa shape index (κ2) is 20.9. The van der Waals surface area contributed by atoms with E-state index in [0.29, 0.717) is 36.6 Å². The van der Waals surface area contributed by atoms with Crippen molar-refractivity contribution in [3.05, 3.63) is 95.6 Å². The number of halogens is 3. The number of nitrogens with two attached hydrogens (primary N) is 2. The summed E-state index contributed by atoms with van der Waals surface area (Å²) >= 11 is 0. The summed E-state index contributed by atoms with van der Waals surface area (Å²) in [6.07, 6.45) is 3.17. The Morgan fingerprint density at radius 1 is 0.833 bits per heavy atom. The Balaban J connectivity index is 0.00000103. The summed E-state index contributed by atoms with van der Waals surface area (Å²) in [5.74, 6) is -2.51. The zero-order chi connectivity index (χ0) is 35.4. The van der Waals surface area contributed by atoms with Crippen molar-refractivity contribution in [2.45, 2.75) is 83.7 Å². The molecule has 3 rings (SSSR count). The summed E-state index contributed by atoms with van der Waals surface area (Å²) in [6, 6.07) is 23.6. The number of hydrogen-bond acceptors (Lipinski definition) is 5. The largest absolute Gasteiger partial charge is 0.490 e. The molecular formula is C35H44F3N5O5. The van der Waals surface area contributed by atoms with Gasteiger partial charge >= 0.3 is 12.1 Å². The Labute approximate surface area is 278 Å². The van der Waals surface area contributed by atoms with Gasteiger partial charge in [-0.3, -0.25) is 9.59 Å². The second-order valence-corrected chi connectivity index (χ2v) is 10.9. The molecule has 0 radical (unpaired) electrons. The van der Waals surface area contributed by atoms with Crippen LogP contribution in [0.5, 0.6) is 5.75 Å². The standard InChI is InChI=1S/C33H43N5O3.C2HF3O2/c1-2-3-4-5-6-7-11-14-30(39)38-31(32(40)36-23-25-15-19-28(20-16-25)37-33(34)35)27-17-21-29(22-18-27)41-24-26-12-9-8-10-13-26;3-2(4,5)1(6)7/h8-10,12-13,15-22,31H,2-7,11,14,23-24H2,1H3,(H,36,40)(H,38,39)(H4,34,35,37);(H,6,7)/t31-;/m0./s1. The van der Waals surface area contributed by atoms with Crippen LogP contribution in [0.3, 0.4) is 0 Å². The molecule has 0 saturated heterocycles. The lowest BCUT2D eigenvalue weighted by atomic mass is 10.0. The molecule has 0 bridgehead atoms. The van der Waals surface area contributed by atoms with E-state index in [1.165, 1.54) is 25.7 Å². The van der Waals surface area contributed by atoms with Crippen molar-refractivity contribution >= 4 is 29.4 Å². The Morgan fingerprint density at radius 3 is 1.98 bits per heavy atom. The van der Waals surface area contributed by atoms with Gasteiger partial charge in [0.25, 0.3) is 0 Å². The topological polar surface area (TPSA) is 169 Å². The number of benzene rings is 3. The molecule has 7 N–H and O–H groups in total. The molecule has 1 atom stereocenters. The number of guanidine groups is 1. The van der Waals surface area contributed by atoms with Crippen molar-refractivity contribution in [3.63, 3.8) is 0 Å². The summed E-state index contributed by atoms with van der Waals surface area (Å²) < 4.78 is 37.6. The third-order valence-corrected chi connectivity index (χ3v) is 6.94. The Hall–Kier alpha value is -5.07. The van der Waals surface area contributed by atoms with Crippen molar-refractivity contribution in [2.75, 3.05) is 0 Å². The van der Waals surface area contributed by atoms with E-state index in [0.717, 1.165) is 30.4 Å². The normalized spacial score (nSPS) is 11.3. The predicted octanol–water partition coefficient (Wildman–Crippen LogP) is 6.42. The minimum atomic E-state index is -5.08. The average Bonchev–Trinajstić information content (AvgIpc) is 3.06. The minimum Gasteiger partial charge on any atom is -0.489 e. The van der Waals surface area contributed by atoms with Crippen molar-refractivity contribution in [3.8, 4) is 5.75 Å². The Bertz CT molecular complexity index is 1430. The third-order valence-electron chi connectivity index (χ3n) is 6.94. The van der Waals surface area contributed by atoms with Gasteiger partial charge in [-0.15, -0.1) is 0 Å². The molecule has 0 heterocycles. The number of ether oxygens (including phenoxy) is 1. The highest BCUT2D eigenvalue weighted by Gasteiger charge is 2.38. The maximum atomic E-state index is 13.3. The van der Waals surface area contributed by atoms with Gasteiger partial charge in [0.05, 0.1) is 5.69 Å². The van der Waals surface area contributed by atoms with E-state index in [-0.39, 0.29) is 17.8 Å². The number of nitrogens with one attached hydrogen (secondary N) is 2. The van der Waals surface area contributed by atoms with Gasteiger partial charge in [0.15, 0.2) is 5.96 Å². The molecule has 0 aliphatic rings. The molecule has 3 aromatic carbocycles. The van der Waals surface area contributed by atoms with E-state index < -0.39 is 18.2 Å². The SMILES string of the molecule is CCCCCCCCCC(=O)N[C@H](C(=O)NCc1ccc(N=C(N)N)cc1)c1ccc(OCc2ccccc2)cc1.O=C(O)C(F)(F)F. The highest BCUT2D eigenvalue weighted by atomic mass is 19.4. The Kier molecular flexibility index (Phi) is 17.1. The fourth-order valence-corrected chi connectivity index (χ4v) is 4.40. The maximum Gasteiger partial charge on any atom is 0.490 e. The van der Waals surface area contributed by atoms with Crippen molar-refractivity contribution in [2.24, 2.45) is 16.5 Å². The molecule has 10 nitrogen and oxygen atoms in total. The lowest BCUT2D eigenvalue weighted by Gasteiger charge is -2.20. The van der Waals surface area contributed by atoms with Crippen molar-refractivity contribution in [1.29, 1.82) is 0 Å². The molecule has 0 aliphatic heterocycles. The number of aliphatic imine (C=N–C) groups is 1. The minimum absolute atomic E-state index is 0.0161. The molecule has 13 heteroatoms. The number of carbonyl (C=O) groups is 3. The van der Waals surface area contributed by atoms with Gasteiger partial charge in [0, 0.05) is 13.0 Å². The summed E-state index contributed by atoms with van der Waals surface area (Å²) in [5, 5.41) is 13.0. The lowest BCUT2D eigenvalue weighted by molar-refractivity contribution is -0.192. The van der Waals surface area contributed by atoms with Gasteiger partial charge in [-0.1, -0.05) is 100 Å². The molecule has 0 spiro atoms. The molecule has 48 heavy (non-hydrogen) atoms. The first-order chi connectivity index (χ1) is 22.9. The van der Waals surface area contributed by atoms with Crippen LogP contribution in [0, 0.1) is 0 Å². The van der Waals surface area contributed by atoms with Gasteiger partial charge < -0.3 is 31.9 Å². The molecule has 2 amide bonds. The zero-order valence-corrected chi connectivity index (χ0v) is 27.0. The monoisotopic (exact) mass is 671 g/mol. The number of nitrogens with zero attached hydrogens (tertiary/aromatic N) is 1. The predicted molar refractivity (Wildman–Crippen MR) is 178 cm³/mol. The van der Waals surface area contributed by atoms with Gasteiger partial charge in [0.2, 0.25) is 11.8 Å². The number of unbranched alkanes of at least 4 members (excludes halogenated alkanes) is 6. The van der Waals surface area contributed by atoms with Gasteiger partial charge in [-0.05, 0) is 47.4 Å². The number of hydrogen-bond donors (Lipinski definition) is 5. The van der Waals surface area contributed by atoms with Crippen LogP contribution in [0.15, 0.2) is 83.9 Å². The van der Waals surface area contributed by atoms with Crippen LogP contribution in [0.1, 0.15) is 81.0 Å². The van der Waals surface area contributed by atoms with E-state index >= 15 is 0 Å². The number of rotatable bonds is 17. The summed E-state index contributed by atoms with van der Waals surface area (Å²) in [6.45, 7) is 2.94. The quantitative estimate of drug-likeness (QED) is 0.0627. The second-order valence-electron chi connectivity index (χ2n) is 10.9. The first kappa shape index (κ1) is 39.1. The van der Waals surface area contributed by atoms with Gasteiger partial charge in [-0.2, -0.15) is 13.2 Å². The van der Waals surface area contributed by atoms with E-state index in [1.807, 2.05) is 66.7 Å². The van der Waals surface area contributed by atoms with Gasteiger partial charge in [0.1, 0.15) is 18.4 Å². The number of carboxylic acid groups (broad SMARTS) is 1. The fourth-order valence-electron chi connectivity index (χ4n) is 4.40. The Morgan fingerprint density at radius 2 is 1.42 bits per heavy atom. The molecule has 0 unspecified atom stereocenters. The summed E-state index contributed by atoms with van der Waals surface area (Å²) in [4.78, 5) is 39.1. The number of alkyl halides is 3. The molecule has 0 saturated carbocycles. The van der Waals surface area contributed by atoms with Crippen LogP contribution in [0.25, 0.3) is 0 Å². The molecule has 0 aromatic heterocycles.